The second-order valence-corrected chi connectivity index (χ2v) is 5.62. The highest BCUT2D eigenvalue weighted by Crippen LogP contribution is 2.41. The monoisotopic (exact) mass is 328 g/mol. The summed E-state index contributed by atoms with van der Waals surface area (Å²) in [5.41, 5.74) is 7.14. The molecule has 1 N–H and O–H groups in total. The third-order valence-corrected chi connectivity index (χ3v) is 2.35. The van der Waals surface area contributed by atoms with Crippen LogP contribution in [0.25, 0.3) is 0 Å². The lowest BCUT2D eigenvalue weighted by Gasteiger charge is -2.13. The largest absolute Gasteiger partial charge is 0.510 e. The van der Waals surface area contributed by atoms with Gasteiger partial charge in [0.25, 0.3) is 0 Å². The summed E-state index contributed by atoms with van der Waals surface area (Å²) in [6.07, 6.45) is -2.86. The van der Waals surface area contributed by atoms with Crippen LogP contribution in [-0.2, 0) is 32.6 Å². The number of carbonyl (C=O) groups excluding carboxylic acids is 2. The van der Waals surface area contributed by atoms with Crippen molar-refractivity contribution in [3.63, 3.8) is 0 Å². The van der Waals surface area contributed by atoms with E-state index >= 15 is 0 Å². The van der Waals surface area contributed by atoms with Crippen LogP contribution in [0.1, 0.15) is 27.7 Å². The van der Waals surface area contributed by atoms with E-state index < -0.39 is 45.9 Å². The van der Waals surface area contributed by atoms with Gasteiger partial charge in [-0.2, -0.15) is 0 Å². The van der Waals surface area contributed by atoms with Crippen LogP contribution in [0.2, 0.25) is 0 Å². The summed E-state index contributed by atoms with van der Waals surface area (Å²) in [6.45, 7) is 4.82. The number of ether oxygens (including phenoxy) is 4. The fraction of sp³-hybridized carbons (Fsp3) is 0.800. The Morgan fingerprint density at radius 1 is 0.905 bits per heavy atom. The van der Waals surface area contributed by atoms with E-state index in [9.17, 15) is 14.2 Å². The maximum absolute atomic E-state index is 11.4. The molecule has 0 amide bonds. The molecule has 0 saturated heterocycles. The summed E-state index contributed by atoms with van der Waals surface area (Å²) in [7, 11) is -4.29. The van der Waals surface area contributed by atoms with Gasteiger partial charge in [-0.15, -0.1) is 5.50 Å². The Balaban J connectivity index is 3.86. The van der Waals surface area contributed by atoms with Gasteiger partial charge in [0.05, 0.1) is 12.2 Å². The fourth-order valence-corrected chi connectivity index (χ4v) is 1.24. The number of carbonyl (C=O) groups is 2. The Hall–Kier alpha value is -1.35. The molecule has 0 aromatic heterocycles. The minimum atomic E-state index is -4.29. The molecule has 0 aliphatic carbocycles. The third kappa shape index (κ3) is 12.1. The summed E-state index contributed by atoms with van der Waals surface area (Å²) >= 11 is 0. The molecular formula is C10H19NO9P. The first kappa shape index (κ1) is 19.7. The van der Waals surface area contributed by atoms with Crippen molar-refractivity contribution >= 4 is 20.1 Å². The highest BCUT2D eigenvalue weighted by molar-refractivity contribution is 7.50. The Kier molecular flexibility index (Phi) is 8.95. The fourth-order valence-electron chi connectivity index (χ4n) is 0.778. The maximum Gasteiger partial charge on any atom is 0.510 e. The highest BCUT2D eigenvalue weighted by Gasteiger charge is 2.22. The number of hydrogen-bond acceptors (Lipinski definition) is 9. The minimum Gasteiger partial charge on any atom is -0.432 e. The molecule has 0 bridgehead atoms. The SMILES string of the molecule is CC(C)OC(=O)OCOP([NH])(=O)OCOC(=O)OC(C)C. The van der Waals surface area contributed by atoms with Gasteiger partial charge in [-0.3, -0.25) is 9.05 Å². The average molecular weight is 328 g/mol. The molecule has 1 radical (unpaired) electrons. The lowest BCUT2D eigenvalue weighted by atomic mass is 10.5. The molecule has 0 spiro atoms. The quantitative estimate of drug-likeness (QED) is 0.374. The standard InChI is InChI=1S/C10H19NO9P/c1-7(2)19-9(12)15-5-17-21(11,14)18-6-16-10(13)20-8(3)4/h7-8,11H,5-6H2,1-4H3. The summed E-state index contributed by atoms with van der Waals surface area (Å²) in [5.74, 6) is 0. The van der Waals surface area contributed by atoms with Crippen molar-refractivity contribution in [3.8, 4) is 0 Å². The normalized spacial score (nSPS) is 11.4. The van der Waals surface area contributed by atoms with Crippen LogP contribution in [0, 0.1) is 0 Å². The van der Waals surface area contributed by atoms with E-state index in [1.165, 1.54) is 0 Å². The third-order valence-electron chi connectivity index (χ3n) is 1.46. The van der Waals surface area contributed by atoms with Gasteiger partial charge in [0, 0.05) is 0 Å². The van der Waals surface area contributed by atoms with E-state index in [1.807, 2.05) is 0 Å². The van der Waals surface area contributed by atoms with E-state index in [-0.39, 0.29) is 0 Å². The van der Waals surface area contributed by atoms with Crippen molar-refractivity contribution in [1.82, 2.24) is 5.50 Å². The molecule has 0 aliphatic heterocycles. The minimum absolute atomic E-state index is 0.392. The first-order chi connectivity index (χ1) is 9.62. The average Bonchev–Trinajstić information content (AvgIpc) is 2.25. The second-order valence-electron chi connectivity index (χ2n) is 4.11. The summed E-state index contributed by atoms with van der Waals surface area (Å²) in [6, 6.07) is 0. The molecule has 0 aliphatic rings. The van der Waals surface area contributed by atoms with Crippen molar-refractivity contribution < 1.29 is 42.1 Å². The zero-order valence-electron chi connectivity index (χ0n) is 12.2. The van der Waals surface area contributed by atoms with Crippen molar-refractivity contribution in [3.05, 3.63) is 0 Å². The Labute approximate surface area is 122 Å². The Morgan fingerprint density at radius 2 is 1.24 bits per heavy atom. The zero-order chi connectivity index (χ0) is 16.5. The Bertz CT molecular complexity index is 353. The highest BCUT2D eigenvalue weighted by atomic mass is 31.2. The number of hydrogen-bond donors (Lipinski definition) is 0. The molecule has 0 heterocycles. The molecule has 21 heavy (non-hydrogen) atoms. The predicted octanol–water partition coefficient (Wildman–Crippen LogP) is 2.45. The van der Waals surface area contributed by atoms with Gasteiger partial charge in [0.2, 0.25) is 13.6 Å². The molecule has 11 heteroatoms. The number of nitrogens with one attached hydrogen (secondary N) is 1. The van der Waals surface area contributed by atoms with Crippen LogP contribution in [0.4, 0.5) is 9.59 Å². The number of rotatable bonds is 8. The van der Waals surface area contributed by atoms with Gasteiger partial charge < -0.3 is 18.9 Å². The molecule has 0 rings (SSSR count). The van der Waals surface area contributed by atoms with Gasteiger partial charge in [-0.1, -0.05) is 0 Å². The van der Waals surface area contributed by atoms with E-state index in [0.29, 0.717) is 0 Å². The molecule has 0 saturated carbocycles. The first-order valence-electron chi connectivity index (χ1n) is 5.93. The molecule has 10 nitrogen and oxygen atoms in total. The van der Waals surface area contributed by atoms with Crippen molar-refractivity contribution in [2.45, 2.75) is 39.9 Å². The van der Waals surface area contributed by atoms with E-state index in [2.05, 4.69) is 28.0 Å². The van der Waals surface area contributed by atoms with Gasteiger partial charge in [0.1, 0.15) is 0 Å². The Morgan fingerprint density at radius 3 is 1.52 bits per heavy atom. The van der Waals surface area contributed by atoms with E-state index in [4.69, 9.17) is 5.50 Å². The van der Waals surface area contributed by atoms with Crippen LogP contribution in [0.5, 0.6) is 0 Å². The van der Waals surface area contributed by atoms with E-state index in [0.717, 1.165) is 0 Å². The molecule has 0 aromatic carbocycles. The molecule has 0 atom stereocenters. The van der Waals surface area contributed by atoms with E-state index in [1.54, 1.807) is 27.7 Å². The summed E-state index contributed by atoms with van der Waals surface area (Å²) in [4.78, 5) is 21.9. The van der Waals surface area contributed by atoms with Gasteiger partial charge in [-0.25, -0.2) is 14.2 Å². The summed E-state index contributed by atoms with van der Waals surface area (Å²) < 4.78 is 38.1. The zero-order valence-corrected chi connectivity index (χ0v) is 13.1. The topological polar surface area (TPSA) is 130 Å². The summed E-state index contributed by atoms with van der Waals surface area (Å²) in [5, 5.41) is 0. The molecule has 0 unspecified atom stereocenters. The van der Waals surface area contributed by atoms with Crippen molar-refractivity contribution in [1.29, 1.82) is 0 Å². The molecule has 0 aromatic rings. The van der Waals surface area contributed by atoms with Crippen LogP contribution >= 0.6 is 7.75 Å². The second kappa shape index (κ2) is 9.56. The van der Waals surface area contributed by atoms with Crippen LogP contribution < -0.4 is 5.50 Å². The molecule has 0 fully saturated rings. The maximum atomic E-state index is 11.4. The van der Waals surface area contributed by atoms with Crippen molar-refractivity contribution in [2.75, 3.05) is 13.6 Å². The van der Waals surface area contributed by atoms with Crippen LogP contribution in [-0.4, -0.2) is 38.1 Å². The van der Waals surface area contributed by atoms with Gasteiger partial charge in [0.15, 0.2) is 0 Å². The smallest absolute Gasteiger partial charge is 0.432 e. The molecular weight excluding hydrogens is 309 g/mol. The van der Waals surface area contributed by atoms with Crippen molar-refractivity contribution in [2.24, 2.45) is 0 Å². The molecule has 123 valence electrons. The van der Waals surface area contributed by atoms with Crippen LogP contribution in [0.3, 0.4) is 0 Å². The van der Waals surface area contributed by atoms with Gasteiger partial charge >= 0.3 is 20.1 Å². The first-order valence-corrected chi connectivity index (χ1v) is 7.47. The van der Waals surface area contributed by atoms with Gasteiger partial charge in [-0.05, 0) is 27.7 Å². The lowest BCUT2D eigenvalue weighted by Crippen LogP contribution is -2.16. The van der Waals surface area contributed by atoms with Crippen LogP contribution in [0.15, 0.2) is 0 Å². The lowest BCUT2D eigenvalue weighted by molar-refractivity contribution is -0.0304. The predicted molar refractivity (Wildman–Crippen MR) is 68.0 cm³/mol.